The average molecular weight is 325 g/mol. The minimum absolute atomic E-state index is 0.174. The normalized spacial score (nSPS) is 53.0. The van der Waals surface area contributed by atoms with Crippen molar-refractivity contribution in [1.29, 1.82) is 0 Å². The smallest absolute Gasteiger partial charge is 0.0943 e. The first-order chi connectivity index (χ1) is 9.20. The minimum Gasteiger partial charge on any atom is -0.187 e. The monoisotopic (exact) mass is 324 g/mol. The molecular formula is C16H25BrN2. The van der Waals surface area contributed by atoms with Crippen LogP contribution < -0.4 is 0 Å². The Labute approximate surface area is 125 Å². The molecule has 4 aliphatic carbocycles. The summed E-state index contributed by atoms with van der Waals surface area (Å²) < 4.78 is 0. The SMILES string of the molecule is BrC1CCC2CCC1(N=NC13CCCC(CC1)C3)C2. The molecule has 4 aliphatic rings. The Morgan fingerprint density at radius 2 is 1.63 bits per heavy atom. The van der Waals surface area contributed by atoms with Gasteiger partial charge in [0.25, 0.3) is 0 Å². The minimum atomic E-state index is 0.174. The highest BCUT2D eigenvalue weighted by atomic mass is 79.9. The molecular weight excluding hydrogens is 300 g/mol. The molecule has 0 aromatic carbocycles. The van der Waals surface area contributed by atoms with Crippen molar-refractivity contribution in [2.45, 2.75) is 86.5 Å². The molecule has 0 N–H and O–H groups in total. The molecule has 4 saturated carbocycles. The van der Waals surface area contributed by atoms with Crippen LogP contribution >= 0.6 is 15.9 Å². The van der Waals surface area contributed by atoms with Gasteiger partial charge in [-0.3, -0.25) is 0 Å². The van der Waals surface area contributed by atoms with E-state index in [1.807, 2.05) is 0 Å². The van der Waals surface area contributed by atoms with Crippen molar-refractivity contribution in [3.8, 4) is 0 Å². The molecule has 0 aromatic heterocycles. The second-order valence-corrected chi connectivity index (χ2v) is 8.79. The van der Waals surface area contributed by atoms with Crippen LogP contribution in [0.15, 0.2) is 10.2 Å². The Hall–Kier alpha value is 0.0800. The standard InChI is InChI=1S/C16H25BrN2/c17-14-4-3-13-6-9-16(14,11-13)19-18-15-7-1-2-12(10-15)5-8-15/h12-14H,1-11H2. The number of alkyl halides is 1. The van der Waals surface area contributed by atoms with Gasteiger partial charge in [0.2, 0.25) is 0 Å². The fraction of sp³-hybridized carbons (Fsp3) is 1.00. The zero-order chi connectivity index (χ0) is 12.9. The van der Waals surface area contributed by atoms with E-state index in [9.17, 15) is 0 Å². The van der Waals surface area contributed by atoms with Crippen LogP contribution in [0.3, 0.4) is 0 Å². The molecule has 3 heteroatoms. The van der Waals surface area contributed by atoms with Gasteiger partial charge in [0.05, 0.1) is 11.1 Å². The van der Waals surface area contributed by atoms with Crippen LogP contribution in [0.4, 0.5) is 0 Å². The predicted octanol–water partition coefficient (Wildman–Crippen LogP) is 5.26. The first-order valence-electron chi connectivity index (χ1n) is 8.28. The molecule has 4 fully saturated rings. The lowest BCUT2D eigenvalue weighted by Crippen LogP contribution is -2.38. The van der Waals surface area contributed by atoms with Crippen molar-refractivity contribution in [2.75, 3.05) is 0 Å². The van der Waals surface area contributed by atoms with Gasteiger partial charge in [-0.1, -0.05) is 28.8 Å². The van der Waals surface area contributed by atoms with Gasteiger partial charge in [-0.25, -0.2) is 0 Å². The van der Waals surface area contributed by atoms with Gasteiger partial charge < -0.3 is 0 Å². The average Bonchev–Trinajstić information content (AvgIpc) is 2.93. The molecule has 0 amide bonds. The Morgan fingerprint density at radius 3 is 2.58 bits per heavy atom. The molecule has 0 aromatic rings. The lowest BCUT2D eigenvalue weighted by atomic mass is 9.82. The molecule has 0 spiro atoms. The van der Waals surface area contributed by atoms with Gasteiger partial charge in [0.15, 0.2) is 0 Å². The fourth-order valence-corrected chi connectivity index (χ4v) is 6.02. The topological polar surface area (TPSA) is 24.7 Å². The molecule has 2 nitrogen and oxygen atoms in total. The Bertz CT molecular complexity index is 392. The second kappa shape index (κ2) is 4.54. The largest absolute Gasteiger partial charge is 0.187 e. The summed E-state index contributed by atoms with van der Waals surface area (Å²) in [6.45, 7) is 0. The molecule has 0 heterocycles. The third kappa shape index (κ3) is 2.11. The zero-order valence-electron chi connectivity index (χ0n) is 11.8. The van der Waals surface area contributed by atoms with Gasteiger partial charge in [-0.15, -0.1) is 0 Å². The van der Waals surface area contributed by atoms with Gasteiger partial charge in [0, 0.05) is 4.83 Å². The summed E-state index contributed by atoms with van der Waals surface area (Å²) in [5.41, 5.74) is 0.438. The van der Waals surface area contributed by atoms with E-state index < -0.39 is 0 Å². The Kier molecular flexibility index (Phi) is 3.06. The number of hydrogen-bond donors (Lipinski definition) is 0. The molecule has 19 heavy (non-hydrogen) atoms. The predicted molar refractivity (Wildman–Crippen MR) is 80.8 cm³/mol. The van der Waals surface area contributed by atoms with Crippen molar-refractivity contribution in [3.63, 3.8) is 0 Å². The third-order valence-corrected chi connectivity index (χ3v) is 7.75. The maximum Gasteiger partial charge on any atom is 0.0943 e. The van der Waals surface area contributed by atoms with E-state index in [4.69, 9.17) is 10.2 Å². The maximum atomic E-state index is 5.03. The van der Waals surface area contributed by atoms with E-state index >= 15 is 0 Å². The Morgan fingerprint density at radius 1 is 0.789 bits per heavy atom. The van der Waals surface area contributed by atoms with E-state index in [1.54, 1.807) is 0 Å². The maximum absolute atomic E-state index is 5.03. The lowest BCUT2D eigenvalue weighted by molar-refractivity contribution is 0.264. The quantitative estimate of drug-likeness (QED) is 0.489. The van der Waals surface area contributed by atoms with Gasteiger partial charge >= 0.3 is 0 Å². The van der Waals surface area contributed by atoms with Crippen LogP contribution in [0.1, 0.15) is 70.6 Å². The molecule has 106 valence electrons. The number of hydrogen-bond acceptors (Lipinski definition) is 2. The first-order valence-corrected chi connectivity index (χ1v) is 9.20. The van der Waals surface area contributed by atoms with Crippen molar-refractivity contribution >= 4 is 15.9 Å². The van der Waals surface area contributed by atoms with Crippen LogP contribution in [0, 0.1) is 11.8 Å². The van der Waals surface area contributed by atoms with Crippen molar-refractivity contribution in [2.24, 2.45) is 22.1 Å². The van der Waals surface area contributed by atoms with E-state index in [2.05, 4.69) is 15.9 Å². The van der Waals surface area contributed by atoms with E-state index in [1.165, 1.54) is 70.6 Å². The van der Waals surface area contributed by atoms with E-state index in [-0.39, 0.29) is 11.1 Å². The van der Waals surface area contributed by atoms with Crippen LogP contribution in [0.25, 0.3) is 0 Å². The number of nitrogens with zero attached hydrogens (tertiary/aromatic N) is 2. The molecule has 0 radical (unpaired) electrons. The molecule has 5 atom stereocenters. The highest BCUT2D eigenvalue weighted by molar-refractivity contribution is 9.09. The number of rotatable bonds is 2. The molecule has 0 aliphatic heterocycles. The molecule has 4 bridgehead atoms. The summed E-state index contributed by atoms with van der Waals surface area (Å²) in [7, 11) is 0. The number of azo groups is 1. The molecule has 4 rings (SSSR count). The fourth-order valence-electron chi connectivity index (χ4n) is 5.25. The summed E-state index contributed by atoms with van der Waals surface area (Å²) in [5, 5.41) is 10.0. The van der Waals surface area contributed by atoms with Gasteiger partial charge in [0.1, 0.15) is 0 Å². The zero-order valence-corrected chi connectivity index (χ0v) is 13.4. The van der Waals surface area contributed by atoms with Crippen LogP contribution in [-0.4, -0.2) is 15.9 Å². The van der Waals surface area contributed by atoms with E-state index in [0.29, 0.717) is 4.83 Å². The lowest BCUT2D eigenvalue weighted by Gasteiger charge is -2.35. The van der Waals surface area contributed by atoms with Crippen molar-refractivity contribution < 1.29 is 0 Å². The summed E-state index contributed by atoms with van der Waals surface area (Å²) in [6, 6.07) is 0. The van der Waals surface area contributed by atoms with Crippen molar-refractivity contribution in [1.82, 2.24) is 0 Å². The second-order valence-electron chi connectivity index (χ2n) is 7.68. The summed E-state index contributed by atoms with van der Waals surface area (Å²) in [6.07, 6.45) is 14.9. The molecule has 0 saturated heterocycles. The summed E-state index contributed by atoms with van der Waals surface area (Å²) >= 11 is 3.92. The summed E-state index contributed by atoms with van der Waals surface area (Å²) in [4.78, 5) is 0.583. The number of fused-ring (bicyclic) bond motifs is 4. The third-order valence-electron chi connectivity index (χ3n) is 6.44. The van der Waals surface area contributed by atoms with Crippen LogP contribution in [0.2, 0.25) is 0 Å². The van der Waals surface area contributed by atoms with Gasteiger partial charge in [-0.2, -0.15) is 10.2 Å². The van der Waals surface area contributed by atoms with E-state index in [0.717, 1.165) is 11.8 Å². The van der Waals surface area contributed by atoms with Crippen molar-refractivity contribution in [3.05, 3.63) is 0 Å². The molecule has 5 unspecified atom stereocenters. The van der Waals surface area contributed by atoms with Gasteiger partial charge in [-0.05, 0) is 69.6 Å². The summed E-state index contributed by atoms with van der Waals surface area (Å²) in [5.74, 6) is 1.90. The Balaban J connectivity index is 1.55. The first kappa shape index (κ1) is 12.8. The highest BCUT2D eigenvalue weighted by Crippen LogP contribution is 2.53. The highest BCUT2D eigenvalue weighted by Gasteiger charge is 2.49. The van der Waals surface area contributed by atoms with Crippen LogP contribution in [0.5, 0.6) is 0 Å². The van der Waals surface area contributed by atoms with Crippen LogP contribution in [-0.2, 0) is 0 Å². The number of halogens is 1.